The lowest BCUT2D eigenvalue weighted by atomic mass is 10.3. The molecule has 0 aliphatic carbocycles. The van der Waals surface area contributed by atoms with Gasteiger partial charge in [0.25, 0.3) is 0 Å². The molecule has 0 aliphatic heterocycles. The van der Waals surface area contributed by atoms with Crippen molar-refractivity contribution in [3.8, 4) is 5.75 Å². The minimum Gasteiger partial charge on any atom is -0.489 e. The Bertz CT molecular complexity index is 563. The third kappa shape index (κ3) is 6.18. The first-order valence-electron chi connectivity index (χ1n) is 7.19. The maximum Gasteiger partial charge on any atom is 0.230 e. The molecule has 0 saturated carbocycles. The maximum atomic E-state index is 11.8. The number of carbonyl (C=O) groups is 1. The van der Waals surface area contributed by atoms with E-state index in [-0.39, 0.29) is 12.0 Å². The van der Waals surface area contributed by atoms with Gasteiger partial charge in [-0.1, -0.05) is 18.2 Å². The highest BCUT2D eigenvalue weighted by molar-refractivity contribution is 7.99. The van der Waals surface area contributed by atoms with Crippen molar-refractivity contribution in [3.63, 3.8) is 0 Å². The molecular formula is C17H20N2O2S. The summed E-state index contributed by atoms with van der Waals surface area (Å²) in [4.78, 5) is 15.8. The topological polar surface area (TPSA) is 51.2 Å². The number of hydrogen-bond acceptors (Lipinski definition) is 4. The summed E-state index contributed by atoms with van der Waals surface area (Å²) in [6, 6.07) is 13.5. The Kier molecular flexibility index (Phi) is 6.77. The fourth-order valence-electron chi connectivity index (χ4n) is 1.82. The van der Waals surface area contributed by atoms with Crippen LogP contribution >= 0.6 is 11.8 Å². The summed E-state index contributed by atoms with van der Waals surface area (Å²) in [7, 11) is 0. The molecule has 1 atom stereocenters. The predicted molar refractivity (Wildman–Crippen MR) is 89.9 cm³/mol. The molecule has 0 aliphatic rings. The second kappa shape index (κ2) is 9.10. The SMILES string of the molecule is CC(CNC(=O)CSCc1ccncc1)Oc1ccccc1. The van der Waals surface area contributed by atoms with Crippen LogP contribution in [0.2, 0.25) is 0 Å². The normalized spacial score (nSPS) is 11.7. The molecule has 0 radical (unpaired) electrons. The number of carbonyl (C=O) groups excluding carboxylic acids is 1. The molecule has 5 heteroatoms. The average Bonchev–Trinajstić information content (AvgIpc) is 2.55. The molecule has 1 unspecified atom stereocenters. The third-order valence-electron chi connectivity index (χ3n) is 2.92. The van der Waals surface area contributed by atoms with Crippen LogP contribution in [0.5, 0.6) is 5.75 Å². The van der Waals surface area contributed by atoms with E-state index in [0.29, 0.717) is 12.3 Å². The van der Waals surface area contributed by atoms with Crippen LogP contribution in [0.4, 0.5) is 0 Å². The second-order valence-electron chi connectivity index (χ2n) is 4.89. The molecule has 0 bridgehead atoms. The van der Waals surface area contributed by atoms with E-state index in [1.807, 2.05) is 49.4 Å². The average molecular weight is 316 g/mol. The first kappa shape index (κ1) is 16.4. The van der Waals surface area contributed by atoms with Crippen molar-refractivity contribution in [2.45, 2.75) is 18.8 Å². The monoisotopic (exact) mass is 316 g/mol. The van der Waals surface area contributed by atoms with Crippen LogP contribution < -0.4 is 10.1 Å². The third-order valence-corrected chi connectivity index (χ3v) is 3.92. The first-order chi connectivity index (χ1) is 10.7. The van der Waals surface area contributed by atoms with Gasteiger partial charge in [-0.2, -0.15) is 0 Å². The summed E-state index contributed by atoms with van der Waals surface area (Å²) >= 11 is 1.59. The van der Waals surface area contributed by atoms with Crippen molar-refractivity contribution in [3.05, 3.63) is 60.4 Å². The second-order valence-corrected chi connectivity index (χ2v) is 5.88. The number of rotatable bonds is 8. The van der Waals surface area contributed by atoms with E-state index in [4.69, 9.17) is 4.74 Å². The van der Waals surface area contributed by atoms with Gasteiger partial charge in [0.15, 0.2) is 0 Å². The number of para-hydroxylation sites is 1. The molecule has 22 heavy (non-hydrogen) atoms. The summed E-state index contributed by atoms with van der Waals surface area (Å²) in [6.45, 7) is 2.45. The highest BCUT2D eigenvalue weighted by Gasteiger charge is 2.07. The van der Waals surface area contributed by atoms with E-state index in [9.17, 15) is 4.79 Å². The van der Waals surface area contributed by atoms with Crippen molar-refractivity contribution >= 4 is 17.7 Å². The van der Waals surface area contributed by atoms with Gasteiger partial charge in [-0.25, -0.2) is 0 Å². The number of ether oxygens (including phenoxy) is 1. The minimum absolute atomic E-state index is 0.0302. The fraction of sp³-hybridized carbons (Fsp3) is 0.294. The van der Waals surface area contributed by atoms with Crippen molar-refractivity contribution in [1.29, 1.82) is 0 Å². The summed E-state index contributed by atoms with van der Waals surface area (Å²) < 4.78 is 5.71. The van der Waals surface area contributed by atoms with Crippen LogP contribution in [-0.4, -0.2) is 29.3 Å². The predicted octanol–water partition coefficient (Wildman–Crippen LogP) is 2.90. The number of nitrogens with zero attached hydrogens (tertiary/aromatic N) is 1. The molecule has 116 valence electrons. The molecule has 1 aromatic heterocycles. The van der Waals surface area contributed by atoms with Crippen molar-refractivity contribution < 1.29 is 9.53 Å². The number of nitrogens with one attached hydrogen (secondary N) is 1. The Morgan fingerprint density at radius 3 is 2.68 bits per heavy atom. The Hall–Kier alpha value is -2.01. The number of amides is 1. The zero-order chi connectivity index (χ0) is 15.6. The lowest BCUT2D eigenvalue weighted by Crippen LogP contribution is -2.34. The number of hydrogen-bond donors (Lipinski definition) is 1. The van der Waals surface area contributed by atoms with Gasteiger partial charge < -0.3 is 10.1 Å². The molecule has 1 amide bonds. The summed E-state index contributed by atoms with van der Waals surface area (Å²) in [5.74, 6) is 2.10. The fourth-order valence-corrected chi connectivity index (χ4v) is 2.64. The van der Waals surface area contributed by atoms with Gasteiger partial charge >= 0.3 is 0 Å². The van der Waals surface area contributed by atoms with E-state index in [2.05, 4.69) is 10.3 Å². The molecular weight excluding hydrogens is 296 g/mol. The molecule has 4 nitrogen and oxygen atoms in total. The number of benzene rings is 1. The highest BCUT2D eigenvalue weighted by Crippen LogP contribution is 2.11. The van der Waals surface area contributed by atoms with Gasteiger partial charge in [-0.05, 0) is 36.8 Å². The standard InChI is InChI=1S/C17H20N2O2S/c1-14(21-16-5-3-2-4-6-16)11-19-17(20)13-22-12-15-7-9-18-10-8-15/h2-10,14H,11-13H2,1H3,(H,19,20). The van der Waals surface area contributed by atoms with Crippen molar-refractivity contribution in [1.82, 2.24) is 10.3 Å². The molecule has 0 saturated heterocycles. The summed E-state index contributed by atoms with van der Waals surface area (Å²) in [6.07, 6.45) is 3.47. The van der Waals surface area contributed by atoms with Gasteiger partial charge in [-0.15, -0.1) is 11.8 Å². The van der Waals surface area contributed by atoms with Gasteiger partial charge in [0.2, 0.25) is 5.91 Å². The van der Waals surface area contributed by atoms with Gasteiger partial charge in [-0.3, -0.25) is 9.78 Å². The Morgan fingerprint density at radius 2 is 1.95 bits per heavy atom. The van der Waals surface area contributed by atoms with E-state index in [1.165, 1.54) is 5.56 Å². The van der Waals surface area contributed by atoms with Crippen LogP contribution in [0.25, 0.3) is 0 Å². The zero-order valence-corrected chi connectivity index (χ0v) is 13.4. The molecule has 1 N–H and O–H groups in total. The Labute approximate surface area is 135 Å². The number of pyridine rings is 1. The zero-order valence-electron chi connectivity index (χ0n) is 12.6. The van der Waals surface area contributed by atoms with Gasteiger partial charge in [0.05, 0.1) is 12.3 Å². The van der Waals surface area contributed by atoms with Crippen molar-refractivity contribution in [2.75, 3.05) is 12.3 Å². The van der Waals surface area contributed by atoms with E-state index >= 15 is 0 Å². The summed E-state index contributed by atoms with van der Waals surface area (Å²) in [5.41, 5.74) is 1.17. The van der Waals surface area contributed by atoms with Crippen LogP contribution in [0.1, 0.15) is 12.5 Å². The molecule has 0 fully saturated rings. The maximum absolute atomic E-state index is 11.8. The van der Waals surface area contributed by atoms with Crippen LogP contribution in [0.15, 0.2) is 54.9 Å². The first-order valence-corrected chi connectivity index (χ1v) is 8.34. The Morgan fingerprint density at radius 1 is 1.23 bits per heavy atom. The van der Waals surface area contributed by atoms with E-state index in [0.717, 1.165) is 11.5 Å². The van der Waals surface area contributed by atoms with Gasteiger partial charge in [0, 0.05) is 18.1 Å². The molecule has 1 heterocycles. The number of thioether (sulfide) groups is 1. The molecule has 2 rings (SSSR count). The number of aromatic nitrogens is 1. The van der Waals surface area contributed by atoms with Crippen LogP contribution in [0.3, 0.4) is 0 Å². The lowest BCUT2D eigenvalue weighted by Gasteiger charge is -2.15. The van der Waals surface area contributed by atoms with Crippen molar-refractivity contribution in [2.24, 2.45) is 0 Å². The molecule has 0 spiro atoms. The van der Waals surface area contributed by atoms with E-state index in [1.54, 1.807) is 24.2 Å². The molecule has 2 aromatic rings. The van der Waals surface area contributed by atoms with E-state index < -0.39 is 0 Å². The molecule has 1 aromatic carbocycles. The minimum atomic E-state index is -0.0588. The Balaban J connectivity index is 1.61. The smallest absolute Gasteiger partial charge is 0.230 e. The van der Waals surface area contributed by atoms with Crippen LogP contribution in [0, 0.1) is 0 Å². The summed E-state index contributed by atoms with van der Waals surface area (Å²) in [5, 5.41) is 2.89. The highest BCUT2D eigenvalue weighted by atomic mass is 32.2. The lowest BCUT2D eigenvalue weighted by molar-refractivity contribution is -0.118. The van der Waals surface area contributed by atoms with Gasteiger partial charge in [0.1, 0.15) is 11.9 Å². The van der Waals surface area contributed by atoms with Crippen LogP contribution in [-0.2, 0) is 10.5 Å². The quantitative estimate of drug-likeness (QED) is 0.813. The largest absolute Gasteiger partial charge is 0.489 e.